The molecular weight excluding hydrogens is 456 g/mol. The summed E-state index contributed by atoms with van der Waals surface area (Å²) in [5, 5.41) is 21.9. The number of aliphatic hydroxyl groups excluding tert-OH is 2. The van der Waals surface area contributed by atoms with Gasteiger partial charge in [0.05, 0.1) is 17.6 Å². The number of carbonyl (C=O) groups excluding carboxylic acids is 4. The van der Waals surface area contributed by atoms with Gasteiger partial charge in [0.15, 0.2) is 11.9 Å². The van der Waals surface area contributed by atoms with Crippen LogP contribution in [0, 0.1) is 16.7 Å². The third-order valence-corrected chi connectivity index (χ3v) is 7.90. The Balaban J connectivity index is 2.34. The Hall–Kier alpha value is -2.52. The average Bonchev–Trinajstić information content (AvgIpc) is 2.71. The van der Waals surface area contributed by atoms with E-state index in [1.807, 2.05) is 13.8 Å². The first-order valence-corrected chi connectivity index (χ1v) is 11.9. The van der Waals surface area contributed by atoms with Crippen molar-refractivity contribution in [3.8, 4) is 0 Å². The summed E-state index contributed by atoms with van der Waals surface area (Å²) in [6.07, 6.45) is -3.26. The number of hydrogen-bond acceptors (Lipinski definition) is 9. The van der Waals surface area contributed by atoms with Gasteiger partial charge in [-0.05, 0) is 54.9 Å². The fourth-order valence-corrected chi connectivity index (χ4v) is 6.10. The maximum Gasteiger partial charge on any atom is 0.303 e. The summed E-state index contributed by atoms with van der Waals surface area (Å²) in [7, 11) is 0. The van der Waals surface area contributed by atoms with Gasteiger partial charge in [-0.15, -0.1) is 0 Å². The second-order valence-corrected chi connectivity index (χ2v) is 10.8. The Labute approximate surface area is 205 Å². The number of esters is 3. The third-order valence-electron chi connectivity index (χ3n) is 7.90. The van der Waals surface area contributed by atoms with Crippen molar-refractivity contribution in [1.82, 2.24) is 0 Å². The van der Waals surface area contributed by atoms with Crippen LogP contribution in [0.4, 0.5) is 0 Å². The van der Waals surface area contributed by atoms with Crippen LogP contribution in [0.15, 0.2) is 22.8 Å². The molecule has 1 saturated carbocycles. The molecule has 4 bridgehead atoms. The number of fused-ring (bicyclic) bond motifs is 4. The Kier molecular flexibility index (Phi) is 7.35. The monoisotopic (exact) mass is 492 g/mol. The normalized spacial score (nSPS) is 36.6. The number of rotatable bonds is 3. The third kappa shape index (κ3) is 4.93. The Morgan fingerprint density at radius 3 is 2.03 bits per heavy atom. The van der Waals surface area contributed by atoms with Crippen LogP contribution in [0.25, 0.3) is 0 Å². The summed E-state index contributed by atoms with van der Waals surface area (Å²) in [5.41, 5.74) is -0.766. The van der Waals surface area contributed by atoms with Crippen molar-refractivity contribution in [2.24, 2.45) is 16.7 Å². The maximum absolute atomic E-state index is 14.3. The number of ketones is 1. The van der Waals surface area contributed by atoms with E-state index in [-0.39, 0.29) is 19.3 Å². The number of aliphatic hydroxyl groups is 2. The molecule has 0 radical (unpaired) electrons. The van der Waals surface area contributed by atoms with Gasteiger partial charge >= 0.3 is 17.9 Å². The van der Waals surface area contributed by atoms with E-state index in [2.05, 4.69) is 0 Å². The van der Waals surface area contributed by atoms with E-state index >= 15 is 0 Å². The highest BCUT2D eigenvalue weighted by Crippen LogP contribution is 2.53. The summed E-state index contributed by atoms with van der Waals surface area (Å²) in [4.78, 5) is 50.4. The summed E-state index contributed by atoms with van der Waals surface area (Å²) in [5.74, 6) is -2.75. The van der Waals surface area contributed by atoms with Gasteiger partial charge in [-0.25, -0.2) is 0 Å². The van der Waals surface area contributed by atoms with Crippen LogP contribution in [0.3, 0.4) is 0 Å². The second-order valence-electron chi connectivity index (χ2n) is 10.8. The minimum Gasteiger partial charge on any atom is -0.461 e. The van der Waals surface area contributed by atoms with E-state index in [1.165, 1.54) is 20.8 Å². The van der Waals surface area contributed by atoms with Crippen molar-refractivity contribution < 1.29 is 43.6 Å². The molecule has 0 aromatic heterocycles. The average molecular weight is 493 g/mol. The highest BCUT2D eigenvalue weighted by molar-refractivity contribution is 5.94. The topological polar surface area (TPSA) is 136 Å². The maximum atomic E-state index is 14.3. The van der Waals surface area contributed by atoms with Crippen LogP contribution in [0.5, 0.6) is 0 Å². The minimum atomic E-state index is -1.35. The van der Waals surface area contributed by atoms with E-state index in [1.54, 1.807) is 19.9 Å². The minimum absolute atomic E-state index is 0.0164. The van der Waals surface area contributed by atoms with E-state index in [4.69, 9.17) is 14.2 Å². The summed E-state index contributed by atoms with van der Waals surface area (Å²) in [6, 6.07) is 0. The van der Waals surface area contributed by atoms with Gasteiger partial charge in [0.2, 0.25) is 0 Å². The summed E-state index contributed by atoms with van der Waals surface area (Å²) in [6.45, 7) is 10.8. The number of hydrogen-bond donors (Lipinski definition) is 2. The van der Waals surface area contributed by atoms with Crippen LogP contribution in [0.1, 0.15) is 67.7 Å². The first-order valence-electron chi connectivity index (χ1n) is 11.9. The number of carbonyl (C=O) groups is 4. The molecule has 3 rings (SSSR count). The van der Waals surface area contributed by atoms with Gasteiger partial charge in [-0.3, -0.25) is 19.2 Å². The zero-order valence-electron chi connectivity index (χ0n) is 21.4. The van der Waals surface area contributed by atoms with Crippen molar-refractivity contribution in [1.29, 1.82) is 0 Å². The Morgan fingerprint density at radius 2 is 1.49 bits per heavy atom. The molecule has 9 nitrogen and oxygen atoms in total. The lowest BCUT2D eigenvalue weighted by Gasteiger charge is -2.51. The molecule has 0 aliphatic heterocycles. The van der Waals surface area contributed by atoms with Crippen molar-refractivity contribution in [2.45, 2.75) is 98.2 Å². The fraction of sp³-hybridized carbons (Fsp3) is 0.692. The molecule has 3 aliphatic carbocycles. The van der Waals surface area contributed by atoms with Gasteiger partial charge in [0.1, 0.15) is 12.2 Å². The van der Waals surface area contributed by atoms with E-state index < -0.39 is 71.0 Å². The molecule has 0 aromatic rings. The predicted molar refractivity (Wildman–Crippen MR) is 124 cm³/mol. The standard InChI is InChI=1S/C26H36O9/c1-12-18(30)9-17-20(33-13(2)27)8-16-11-26(7,21(10-19(16)31)34-14(3)28)24(32)23(35-15(4)29)22(12)25(17,5)6/h8,17-21,23,30-31H,9-11H2,1-7H3. The molecule has 35 heavy (non-hydrogen) atoms. The first kappa shape index (κ1) is 27.1. The van der Waals surface area contributed by atoms with Crippen LogP contribution < -0.4 is 0 Å². The van der Waals surface area contributed by atoms with Crippen LogP contribution in [-0.4, -0.2) is 64.4 Å². The SMILES string of the molecule is CC(=O)OC1C(=O)C2(C)CC(=CC(OC(C)=O)C3CC(O)C(C)=C1C3(C)C)C(O)CC2OC(C)=O. The Bertz CT molecular complexity index is 991. The first-order chi connectivity index (χ1) is 16.1. The molecule has 2 N–H and O–H groups in total. The van der Waals surface area contributed by atoms with E-state index in [0.717, 1.165) is 0 Å². The van der Waals surface area contributed by atoms with Crippen LogP contribution in [-0.2, 0) is 33.4 Å². The largest absolute Gasteiger partial charge is 0.461 e. The molecular formula is C26H36O9. The molecule has 0 aromatic carbocycles. The van der Waals surface area contributed by atoms with Gasteiger partial charge in [-0.2, -0.15) is 0 Å². The molecule has 3 aliphatic rings. The van der Waals surface area contributed by atoms with Crippen molar-refractivity contribution in [3.05, 3.63) is 22.8 Å². The molecule has 0 spiro atoms. The molecule has 0 saturated heterocycles. The molecule has 7 unspecified atom stereocenters. The molecule has 1 fully saturated rings. The van der Waals surface area contributed by atoms with Crippen LogP contribution >= 0.6 is 0 Å². The molecule has 0 amide bonds. The lowest BCUT2D eigenvalue weighted by molar-refractivity contribution is -0.171. The second kappa shape index (κ2) is 9.50. The van der Waals surface area contributed by atoms with Gasteiger partial charge in [0, 0.05) is 33.1 Å². The van der Waals surface area contributed by atoms with Gasteiger partial charge in [-0.1, -0.05) is 13.8 Å². The molecule has 0 heterocycles. The van der Waals surface area contributed by atoms with Gasteiger partial charge in [0.25, 0.3) is 0 Å². The Morgan fingerprint density at radius 1 is 0.914 bits per heavy atom. The smallest absolute Gasteiger partial charge is 0.303 e. The van der Waals surface area contributed by atoms with E-state index in [9.17, 15) is 29.4 Å². The summed E-state index contributed by atoms with van der Waals surface area (Å²) >= 11 is 0. The van der Waals surface area contributed by atoms with Crippen molar-refractivity contribution >= 4 is 23.7 Å². The molecule has 7 atom stereocenters. The summed E-state index contributed by atoms with van der Waals surface area (Å²) < 4.78 is 16.8. The highest BCUT2D eigenvalue weighted by atomic mass is 16.6. The van der Waals surface area contributed by atoms with Gasteiger partial charge < -0.3 is 24.4 Å². The number of ether oxygens (including phenoxy) is 3. The molecule has 194 valence electrons. The fourth-order valence-electron chi connectivity index (χ4n) is 6.10. The zero-order valence-corrected chi connectivity index (χ0v) is 21.4. The predicted octanol–water partition coefficient (Wildman–Crippen LogP) is 2.18. The van der Waals surface area contributed by atoms with E-state index in [0.29, 0.717) is 16.7 Å². The number of Topliss-reactive ketones (excluding diaryl/α,β-unsaturated/α-hetero) is 1. The lowest BCUT2D eigenvalue weighted by atomic mass is 9.57. The van der Waals surface area contributed by atoms with Crippen molar-refractivity contribution in [3.63, 3.8) is 0 Å². The molecule has 9 heteroatoms. The van der Waals surface area contributed by atoms with Crippen LogP contribution in [0.2, 0.25) is 0 Å². The lowest BCUT2D eigenvalue weighted by Crippen LogP contribution is -2.57. The highest BCUT2D eigenvalue weighted by Gasteiger charge is 2.57. The quantitative estimate of drug-likeness (QED) is 0.345. The zero-order chi connectivity index (χ0) is 26.5. The van der Waals surface area contributed by atoms with Crippen molar-refractivity contribution in [2.75, 3.05) is 0 Å².